The predicted molar refractivity (Wildman–Crippen MR) is 168 cm³/mol. The standard InChI is InChI=1S/C34H32N2O7S/c1-34(2,3)43-32(37)29-21-35(19-20-36(29)33(38)39)44(40,41)25-17-15-23(16-18-25)22-11-13-24(14-12-22)26-8-6-9-28-27-7-4-5-10-30(27)42-31(26)28/h4-18,29H,19-21H2,1-3H3,(H,38,39). The summed E-state index contributed by atoms with van der Waals surface area (Å²) in [6, 6.07) is 27.3. The van der Waals surface area contributed by atoms with E-state index in [-0.39, 0.29) is 24.5 Å². The number of rotatable bonds is 5. The number of hydrogen-bond donors (Lipinski definition) is 1. The third-order valence-corrected chi connectivity index (χ3v) is 9.57. The molecule has 1 amide bonds. The Morgan fingerprint density at radius 3 is 2.09 bits per heavy atom. The second-order valence-corrected chi connectivity index (χ2v) is 13.7. The summed E-state index contributed by atoms with van der Waals surface area (Å²) in [5, 5.41) is 11.7. The molecule has 1 unspecified atom stereocenters. The van der Waals surface area contributed by atoms with Gasteiger partial charge in [-0.25, -0.2) is 18.0 Å². The Morgan fingerprint density at radius 1 is 0.818 bits per heavy atom. The quantitative estimate of drug-likeness (QED) is 0.222. The minimum atomic E-state index is -4.00. The molecule has 0 radical (unpaired) electrons. The summed E-state index contributed by atoms with van der Waals surface area (Å²) in [6.07, 6.45) is -1.30. The Morgan fingerprint density at radius 2 is 1.43 bits per heavy atom. The van der Waals surface area contributed by atoms with E-state index in [0.717, 1.165) is 53.4 Å². The molecule has 0 saturated carbocycles. The van der Waals surface area contributed by atoms with Gasteiger partial charge in [0.05, 0.1) is 4.90 Å². The molecule has 0 spiro atoms. The highest BCUT2D eigenvalue weighted by Gasteiger charge is 2.41. The van der Waals surface area contributed by atoms with Gasteiger partial charge in [-0.15, -0.1) is 0 Å². The third-order valence-electron chi connectivity index (χ3n) is 7.69. The number of esters is 1. The molecule has 6 rings (SSSR count). The number of hydrogen-bond acceptors (Lipinski definition) is 6. The van der Waals surface area contributed by atoms with Gasteiger partial charge in [0.15, 0.2) is 0 Å². The van der Waals surface area contributed by atoms with E-state index in [0.29, 0.717) is 0 Å². The highest BCUT2D eigenvalue weighted by Crippen LogP contribution is 2.36. The molecule has 1 N–H and O–H groups in total. The average molecular weight is 613 g/mol. The van der Waals surface area contributed by atoms with E-state index >= 15 is 0 Å². The van der Waals surface area contributed by atoms with E-state index in [2.05, 4.69) is 6.07 Å². The molecule has 44 heavy (non-hydrogen) atoms. The second kappa shape index (κ2) is 11.1. The zero-order valence-electron chi connectivity index (χ0n) is 24.6. The van der Waals surface area contributed by atoms with Crippen LogP contribution in [0.3, 0.4) is 0 Å². The van der Waals surface area contributed by atoms with E-state index in [1.165, 1.54) is 12.1 Å². The highest BCUT2D eigenvalue weighted by molar-refractivity contribution is 7.89. The smallest absolute Gasteiger partial charge is 0.408 e. The van der Waals surface area contributed by atoms with Crippen molar-refractivity contribution >= 4 is 44.0 Å². The summed E-state index contributed by atoms with van der Waals surface area (Å²) in [7, 11) is -4.00. The zero-order valence-corrected chi connectivity index (χ0v) is 25.4. The summed E-state index contributed by atoms with van der Waals surface area (Å²) in [6.45, 7) is 4.46. The van der Waals surface area contributed by atoms with E-state index in [9.17, 15) is 23.1 Å². The number of carbonyl (C=O) groups excluding carboxylic acids is 1. The number of benzene rings is 4. The monoisotopic (exact) mass is 612 g/mol. The second-order valence-electron chi connectivity index (χ2n) is 11.8. The molecule has 9 nitrogen and oxygen atoms in total. The maximum Gasteiger partial charge on any atom is 0.408 e. The van der Waals surface area contributed by atoms with Gasteiger partial charge in [0.25, 0.3) is 0 Å². The average Bonchev–Trinajstić information content (AvgIpc) is 3.39. The van der Waals surface area contributed by atoms with Crippen LogP contribution < -0.4 is 0 Å². The van der Waals surface area contributed by atoms with Crippen molar-refractivity contribution in [3.8, 4) is 22.3 Å². The number of fused-ring (bicyclic) bond motifs is 3. The molecule has 5 aromatic rings. The fourth-order valence-electron chi connectivity index (χ4n) is 5.56. The van der Waals surface area contributed by atoms with Crippen LogP contribution in [0.1, 0.15) is 20.8 Å². The lowest BCUT2D eigenvalue weighted by Crippen LogP contribution is -2.60. The molecule has 0 bridgehead atoms. The summed E-state index contributed by atoms with van der Waals surface area (Å²) < 4.78 is 39.8. The van der Waals surface area contributed by atoms with Crippen LogP contribution >= 0.6 is 0 Å². The van der Waals surface area contributed by atoms with Gasteiger partial charge in [-0.1, -0.05) is 72.8 Å². The number of amides is 1. The summed E-state index contributed by atoms with van der Waals surface area (Å²) in [5.41, 5.74) is 4.54. The Bertz CT molecular complexity index is 1970. The molecule has 1 aliphatic rings. The number of piperazine rings is 1. The predicted octanol–water partition coefficient (Wildman–Crippen LogP) is 6.61. The van der Waals surface area contributed by atoms with Crippen LogP contribution in [0.5, 0.6) is 0 Å². The normalized spacial score (nSPS) is 16.3. The van der Waals surface area contributed by atoms with E-state index in [1.54, 1.807) is 32.9 Å². The Hall–Kier alpha value is -4.67. The van der Waals surface area contributed by atoms with Crippen molar-refractivity contribution in [2.45, 2.75) is 37.3 Å². The molecular formula is C34H32N2O7S. The maximum atomic E-state index is 13.5. The lowest BCUT2D eigenvalue weighted by Gasteiger charge is -2.38. The maximum absolute atomic E-state index is 13.5. The van der Waals surface area contributed by atoms with Crippen molar-refractivity contribution < 1.29 is 32.3 Å². The molecular weight excluding hydrogens is 580 g/mol. The first-order valence-corrected chi connectivity index (χ1v) is 15.7. The fourth-order valence-corrected chi connectivity index (χ4v) is 7.00. The van der Waals surface area contributed by atoms with Gasteiger partial charge in [0.2, 0.25) is 10.0 Å². The number of furan rings is 1. The molecule has 1 fully saturated rings. The third kappa shape index (κ3) is 5.54. The Kier molecular flexibility index (Phi) is 7.43. The fraction of sp³-hybridized carbons (Fsp3) is 0.235. The van der Waals surface area contributed by atoms with Gasteiger partial charge < -0.3 is 14.3 Å². The molecule has 0 aliphatic carbocycles. The Balaban J connectivity index is 1.22. The minimum Gasteiger partial charge on any atom is -0.465 e. The molecule has 226 valence electrons. The number of ether oxygens (including phenoxy) is 1. The molecule has 1 atom stereocenters. The topological polar surface area (TPSA) is 117 Å². The van der Waals surface area contributed by atoms with Crippen LogP contribution in [0.2, 0.25) is 0 Å². The van der Waals surface area contributed by atoms with Crippen LogP contribution in [0.25, 0.3) is 44.2 Å². The van der Waals surface area contributed by atoms with Crippen LogP contribution in [0.15, 0.2) is 100 Å². The van der Waals surface area contributed by atoms with Gasteiger partial charge in [-0.2, -0.15) is 4.31 Å². The van der Waals surface area contributed by atoms with Crippen molar-refractivity contribution in [2.75, 3.05) is 19.6 Å². The molecule has 2 heterocycles. The van der Waals surface area contributed by atoms with Crippen LogP contribution in [0.4, 0.5) is 4.79 Å². The van der Waals surface area contributed by atoms with Crippen molar-refractivity contribution in [3.63, 3.8) is 0 Å². The first kappa shape index (κ1) is 29.4. The van der Waals surface area contributed by atoms with Crippen LogP contribution in [-0.4, -0.2) is 66.1 Å². The van der Waals surface area contributed by atoms with Crippen molar-refractivity contribution in [1.82, 2.24) is 9.21 Å². The first-order chi connectivity index (χ1) is 20.9. The minimum absolute atomic E-state index is 0.0566. The largest absolute Gasteiger partial charge is 0.465 e. The summed E-state index contributed by atoms with van der Waals surface area (Å²) >= 11 is 0. The number of carbonyl (C=O) groups is 2. The van der Waals surface area contributed by atoms with E-state index < -0.39 is 33.7 Å². The van der Waals surface area contributed by atoms with Crippen molar-refractivity contribution in [3.05, 3.63) is 91.0 Å². The first-order valence-electron chi connectivity index (χ1n) is 14.3. The van der Waals surface area contributed by atoms with Gasteiger partial charge >= 0.3 is 12.1 Å². The summed E-state index contributed by atoms with van der Waals surface area (Å²) in [5.74, 6) is -0.782. The highest BCUT2D eigenvalue weighted by atomic mass is 32.2. The molecule has 10 heteroatoms. The lowest BCUT2D eigenvalue weighted by molar-refractivity contribution is -0.162. The van der Waals surface area contributed by atoms with Gasteiger partial charge in [0.1, 0.15) is 22.8 Å². The molecule has 4 aromatic carbocycles. The number of nitrogens with zero attached hydrogens (tertiary/aromatic N) is 2. The number of carboxylic acid groups (broad SMARTS) is 1. The molecule has 1 aromatic heterocycles. The number of para-hydroxylation sites is 2. The van der Waals surface area contributed by atoms with Crippen LogP contribution in [0, 0.1) is 0 Å². The van der Waals surface area contributed by atoms with Crippen molar-refractivity contribution in [2.24, 2.45) is 0 Å². The van der Waals surface area contributed by atoms with Gasteiger partial charge in [-0.3, -0.25) is 4.90 Å². The SMILES string of the molecule is CC(C)(C)OC(=O)C1CN(S(=O)(=O)c2ccc(-c3ccc(-c4cccc5c4oc4ccccc45)cc3)cc2)CCN1C(=O)O. The van der Waals surface area contributed by atoms with E-state index in [4.69, 9.17) is 9.15 Å². The molecule has 1 aliphatic heterocycles. The summed E-state index contributed by atoms with van der Waals surface area (Å²) in [4.78, 5) is 25.6. The lowest BCUT2D eigenvalue weighted by atomic mass is 9.99. The van der Waals surface area contributed by atoms with Crippen molar-refractivity contribution in [1.29, 1.82) is 0 Å². The zero-order chi connectivity index (χ0) is 31.2. The van der Waals surface area contributed by atoms with E-state index in [1.807, 2.05) is 60.7 Å². The molecule has 1 saturated heterocycles. The van der Waals surface area contributed by atoms with Gasteiger partial charge in [-0.05, 0) is 55.7 Å². The Labute approximate surface area is 255 Å². The number of sulfonamides is 1. The van der Waals surface area contributed by atoms with Gasteiger partial charge in [0, 0.05) is 36.0 Å². The van der Waals surface area contributed by atoms with Crippen LogP contribution in [-0.2, 0) is 19.6 Å².